The molecule has 25 heavy (non-hydrogen) atoms. The molecule has 0 N–H and O–H groups in total. The van der Waals surface area contributed by atoms with Gasteiger partial charge in [-0.25, -0.2) is 0 Å². The van der Waals surface area contributed by atoms with E-state index in [9.17, 15) is 0 Å². The third kappa shape index (κ3) is 4.30. The van der Waals surface area contributed by atoms with Crippen LogP contribution in [0.15, 0.2) is 42.0 Å². The van der Waals surface area contributed by atoms with E-state index < -0.39 is 0 Å². The lowest BCUT2D eigenvalue weighted by atomic mass is 9.69. The van der Waals surface area contributed by atoms with Crippen LogP contribution in [-0.4, -0.2) is 35.2 Å². The second kappa shape index (κ2) is 7.98. The molecule has 2 aromatic rings. The van der Waals surface area contributed by atoms with Crippen molar-refractivity contribution in [1.82, 2.24) is 9.88 Å². The summed E-state index contributed by atoms with van der Waals surface area (Å²) in [5, 5.41) is 2.18. The molecule has 3 rings (SSSR count). The molecule has 1 saturated heterocycles. The molecule has 0 aromatic carbocycles. The maximum absolute atomic E-state index is 6.25. The van der Waals surface area contributed by atoms with E-state index in [1.807, 2.05) is 29.8 Å². The van der Waals surface area contributed by atoms with Crippen LogP contribution in [0, 0.1) is 5.41 Å². The zero-order valence-electron chi connectivity index (χ0n) is 15.7. The van der Waals surface area contributed by atoms with Crippen molar-refractivity contribution in [2.45, 2.75) is 52.2 Å². The van der Waals surface area contributed by atoms with Gasteiger partial charge < -0.3 is 4.74 Å². The highest BCUT2D eigenvalue weighted by atomic mass is 32.1. The van der Waals surface area contributed by atoms with Gasteiger partial charge in [0.1, 0.15) is 0 Å². The maximum Gasteiger partial charge on any atom is 0.0695 e. The van der Waals surface area contributed by atoms with Crippen LogP contribution in [0.4, 0.5) is 0 Å². The summed E-state index contributed by atoms with van der Waals surface area (Å²) in [6, 6.07) is 8.62. The molecule has 1 unspecified atom stereocenters. The fourth-order valence-corrected chi connectivity index (χ4v) is 4.88. The quantitative estimate of drug-likeness (QED) is 0.679. The van der Waals surface area contributed by atoms with Crippen LogP contribution in [-0.2, 0) is 17.7 Å². The number of hydrogen-bond donors (Lipinski definition) is 0. The van der Waals surface area contributed by atoms with Crippen molar-refractivity contribution in [2.75, 3.05) is 19.7 Å². The Balaban J connectivity index is 1.73. The molecule has 3 nitrogen and oxygen atoms in total. The van der Waals surface area contributed by atoms with Crippen LogP contribution >= 0.6 is 11.3 Å². The van der Waals surface area contributed by atoms with E-state index in [0.29, 0.717) is 0 Å². The Kier molecular flexibility index (Phi) is 5.92. The van der Waals surface area contributed by atoms with Gasteiger partial charge in [-0.05, 0) is 69.7 Å². The summed E-state index contributed by atoms with van der Waals surface area (Å²) in [6.45, 7) is 10.7. The van der Waals surface area contributed by atoms with Gasteiger partial charge in [-0.15, -0.1) is 11.3 Å². The lowest BCUT2D eigenvalue weighted by Gasteiger charge is -2.44. The van der Waals surface area contributed by atoms with Crippen LogP contribution in [0.3, 0.4) is 0 Å². The summed E-state index contributed by atoms with van der Waals surface area (Å²) >= 11 is 1.87. The van der Waals surface area contributed by atoms with Crippen molar-refractivity contribution < 1.29 is 4.74 Å². The van der Waals surface area contributed by atoms with Crippen LogP contribution in [0.2, 0.25) is 0 Å². The van der Waals surface area contributed by atoms with E-state index in [2.05, 4.69) is 54.2 Å². The number of aryl methyl sites for hydroxylation is 1. The van der Waals surface area contributed by atoms with Gasteiger partial charge >= 0.3 is 0 Å². The van der Waals surface area contributed by atoms with Gasteiger partial charge in [0.05, 0.1) is 5.60 Å². The van der Waals surface area contributed by atoms with E-state index in [0.717, 1.165) is 32.7 Å². The molecule has 0 spiro atoms. The smallest absolute Gasteiger partial charge is 0.0695 e. The Morgan fingerprint density at radius 3 is 2.88 bits per heavy atom. The molecule has 3 heterocycles. The molecule has 0 aliphatic carbocycles. The van der Waals surface area contributed by atoms with Gasteiger partial charge in [0.2, 0.25) is 0 Å². The molecule has 0 saturated carbocycles. The molecular weight excluding hydrogens is 328 g/mol. The van der Waals surface area contributed by atoms with Crippen molar-refractivity contribution in [2.24, 2.45) is 5.41 Å². The first-order valence-corrected chi connectivity index (χ1v) is 10.2. The predicted octanol–water partition coefficient (Wildman–Crippen LogP) is 4.78. The van der Waals surface area contributed by atoms with E-state index >= 15 is 0 Å². The van der Waals surface area contributed by atoms with Gasteiger partial charge in [-0.1, -0.05) is 12.1 Å². The molecular formula is C21H30N2OS. The van der Waals surface area contributed by atoms with Gasteiger partial charge in [0.25, 0.3) is 0 Å². The Morgan fingerprint density at radius 1 is 1.32 bits per heavy atom. The maximum atomic E-state index is 6.25. The zero-order chi connectivity index (χ0) is 17.8. The van der Waals surface area contributed by atoms with Gasteiger partial charge in [-0.3, -0.25) is 9.88 Å². The van der Waals surface area contributed by atoms with Crippen molar-refractivity contribution in [3.8, 4) is 0 Å². The summed E-state index contributed by atoms with van der Waals surface area (Å²) in [4.78, 5) is 8.32. The zero-order valence-corrected chi connectivity index (χ0v) is 16.5. The number of rotatable bonds is 8. The summed E-state index contributed by atoms with van der Waals surface area (Å²) in [7, 11) is 0. The molecule has 1 atom stereocenters. The van der Waals surface area contributed by atoms with Crippen molar-refractivity contribution in [1.29, 1.82) is 0 Å². The Hall–Kier alpha value is -1.23. The lowest BCUT2D eigenvalue weighted by Crippen LogP contribution is -2.48. The van der Waals surface area contributed by atoms with Crippen LogP contribution in [0.25, 0.3) is 0 Å². The first-order chi connectivity index (χ1) is 12.0. The first-order valence-electron chi connectivity index (χ1n) is 9.32. The second-order valence-electron chi connectivity index (χ2n) is 7.62. The van der Waals surface area contributed by atoms with E-state index in [1.54, 1.807) is 0 Å². The summed E-state index contributed by atoms with van der Waals surface area (Å²) in [6.07, 6.45) is 7.36. The number of aromatic nitrogens is 1. The summed E-state index contributed by atoms with van der Waals surface area (Å²) in [5.41, 5.74) is 1.39. The normalized spacial score (nSPS) is 21.7. The molecule has 0 amide bonds. The number of nitrogens with zero attached hydrogens (tertiary/aromatic N) is 2. The third-order valence-corrected chi connectivity index (χ3v) is 6.71. The van der Waals surface area contributed by atoms with Crippen LogP contribution in [0.5, 0.6) is 0 Å². The Bertz CT molecular complexity index is 641. The fourth-order valence-electron chi connectivity index (χ4n) is 4.17. The Morgan fingerprint density at radius 2 is 2.20 bits per heavy atom. The average Bonchev–Trinajstić information content (AvgIpc) is 3.24. The van der Waals surface area contributed by atoms with Gasteiger partial charge in [0, 0.05) is 42.4 Å². The number of ether oxygens (including phenoxy) is 1. The molecule has 1 aliphatic heterocycles. The molecule has 1 aliphatic rings. The molecule has 0 radical (unpaired) electrons. The van der Waals surface area contributed by atoms with E-state index in [1.165, 1.54) is 23.3 Å². The molecule has 136 valence electrons. The summed E-state index contributed by atoms with van der Waals surface area (Å²) < 4.78 is 6.25. The molecule has 2 aromatic heterocycles. The lowest BCUT2D eigenvalue weighted by molar-refractivity contribution is -0.107. The van der Waals surface area contributed by atoms with Crippen molar-refractivity contribution in [3.05, 3.63) is 52.5 Å². The van der Waals surface area contributed by atoms with Crippen LogP contribution in [0.1, 0.15) is 44.1 Å². The van der Waals surface area contributed by atoms with Crippen molar-refractivity contribution in [3.63, 3.8) is 0 Å². The third-order valence-electron chi connectivity index (χ3n) is 5.77. The largest absolute Gasteiger partial charge is 0.375 e. The minimum Gasteiger partial charge on any atom is -0.375 e. The highest BCUT2D eigenvalue weighted by Crippen LogP contribution is 2.46. The number of likely N-dealkylation sites (tertiary alicyclic amines) is 1. The van der Waals surface area contributed by atoms with Gasteiger partial charge in [-0.2, -0.15) is 0 Å². The highest BCUT2D eigenvalue weighted by molar-refractivity contribution is 7.09. The molecule has 1 fully saturated rings. The minimum absolute atomic E-state index is 0.108. The number of pyridine rings is 1. The minimum atomic E-state index is -0.108. The van der Waals surface area contributed by atoms with Crippen LogP contribution < -0.4 is 0 Å². The van der Waals surface area contributed by atoms with Gasteiger partial charge in [0.15, 0.2) is 0 Å². The predicted molar refractivity (Wildman–Crippen MR) is 105 cm³/mol. The summed E-state index contributed by atoms with van der Waals surface area (Å²) in [5.74, 6) is 0. The number of hydrogen-bond acceptors (Lipinski definition) is 4. The topological polar surface area (TPSA) is 25.4 Å². The van der Waals surface area contributed by atoms with Crippen molar-refractivity contribution >= 4 is 11.3 Å². The monoisotopic (exact) mass is 358 g/mol. The second-order valence-corrected chi connectivity index (χ2v) is 8.66. The molecule has 4 heteroatoms. The fraction of sp³-hybridized carbons (Fsp3) is 0.571. The molecule has 0 bridgehead atoms. The average molecular weight is 359 g/mol. The van der Waals surface area contributed by atoms with E-state index in [-0.39, 0.29) is 11.0 Å². The number of thiophene rings is 1. The first kappa shape index (κ1) is 18.6. The Labute approximate surface area is 156 Å². The van der Waals surface area contributed by atoms with E-state index in [4.69, 9.17) is 4.74 Å². The SMILES string of the molecule is CCOC(C)(C)C1(CCc2cccs2)CCN(Cc2cccnc2)C1. The highest BCUT2D eigenvalue weighted by Gasteiger charge is 2.49. The standard InChI is InChI=1S/C21H30N2OS/c1-4-24-20(2,3)21(10-9-19-8-6-14-25-19)11-13-23(17-21)16-18-7-5-12-22-15-18/h5-8,12,14-15H,4,9-11,13,16-17H2,1-3H3.